The quantitative estimate of drug-likeness (QED) is 0.291. The molecule has 0 bridgehead atoms. The molecule has 2 heterocycles. The molecule has 3 rings (SSSR count). The summed E-state index contributed by atoms with van der Waals surface area (Å²) in [6.45, 7) is 13.3. The van der Waals surface area contributed by atoms with Crippen LogP contribution in [0.2, 0.25) is 0 Å². The predicted octanol–water partition coefficient (Wildman–Crippen LogP) is 6.82. The van der Waals surface area contributed by atoms with Crippen LogP contribution in [0.1, 0.15) is 78.5 Å². The number of carbonyl (C=O) groups is 1. The molecule has 190 valence electrons. The molecule has 0 aliphatic carbocycles. The fraction of sp³-hybridized carbons (Fsp3) is 0.519. The summed E-state index contributed by atoms with van der Waals surface area (Å²) in [6.07, 6.45) is 3.92. The number of nitrogens with zero attached hydrogens (tertiary/aromatic N) is 2. The van der Waals surface area contributed by atoms with Gasteiger partial charge in [0.2, 0.25) is 0 Å². The van der Waals surface area contributed by atoms with Gasteiger partial charge in [-0.1, -0.05) is 26.0 Å². The first-order chi connectivity index (χ1) is 16.2. The van der Waals surface area contributed by atoms with E-state index in [-0.39, 0.29) is 36.3 Å². The summed E-state index contributed by atoms with van der Waals surface area (Å²) >= 11 is 3.42. The van der Waals surface area contributed by atoms with Gasteiger partial charge in [0.15, 0.2) is 10.5 Å². The summed E-state index contributed by atoms with van der Waals surface area (Å²) in [4.78, 5) is 21.6. The van der Waals surface area contributed by atoms with Crippen LogP contribution < -0.4 is 0 Å². The van der Waals surface area contributed by atoms with Crippen molar-refractivity contribution in [3.05, 3.63) is 52.1 Å². The fourth-order valence-corrected chi connectivity index (χ4v) is 4.42. The second-order valence-corrected chi connectivity index (χ2v) is 11.2. The molecule has 1 saturated heterocycles. The Morgan fingerprint density at radius 3 is 2.49 bits per heavy atom. The van der Waals surface area contributed by atoms with Gasteiger partial charge in [0, 0.05) is 17.5 Å². The van der Waals surface area contributed by atoms with Crippen LogP contribution in [0.25, 0.3) is 17.3 Å². The lowest BCUT2D eigenvalue weighted by molar-refractivity contribution is -0.290. The first kappa shape index (κ1) is 27.4. The lowest BCUT2D eigenvalue weighted by atomic mass is 9.97. The van der Waals surface area contributed by atoms with Gasteiger partial charge in [-0.05, 0) is 80.7 Å². The second-order valence-electron chi connectivity index (χ2n) is 10.5. The van der Waals surface area contributed by atoms with E-state index in [1.165, 1.54) is 12.1 Å². The van der Waals surface area contributed by atoms with Gasteiger partial charge in [0.05, 0.1) is 30.0 Å². The highest BCUT2D eigenvalue weighted by Gasteiger charge is 2.36. The largest absolute Gasteiger partial charge is 0.460 e. The summed E-state index contributed by atoms with van der Waals surface area (Å²) in [5, 5.41) is 0. The van der Waals surface area contributed by atoms with Gasteiger partial charge in [-0.3, -0.25) is 4.79 Å². The van der Waals surface area contributed by atoms with Crippen molar-refractivity contribution in [2.75, 3.05) is 0 Å². The zero-order valence-electron chi connectivity index (χ0n) is 21.4. The Hall–Kier alpha value is -2.16. The molecule has 0 amide bonds. The Morgan fingerprint density at radius 2 is 1.89 bits per heavy atom. The third-order valence-corrected chi connectivity index (χ3v) is 5.64. The van der Waals surface area contributed by atoms with Gasteiger partial charge in [0.25, 0.3) is 0 Å². The predicted molar refractivity (Wildman–Crippen MR) is 137 cm³/mol. The third-order valence-electron chi connectivity index (χ3n) is 5.29. The smallest absolute Gasteiger partial charge is 0.308 e. The summed E-state index contributed by atoms with van der Waals surface area (Å²) in [7, 11) is 0. The highest BCUT2D eigenvalue weighted by molar-refractivity contribution is 9.10. The van der Waals surface area contributed by atoms with E-state index in [1.54, 1.807) is 12.1 Å². The number of aromatic nitrogens is 2. The highest BCUT2D eigenvalue weighted by atomic mass is 79.9. The minimum absolute atomic E-state index is 0.125. The molecule has 1 aromatic carbocycles. The molecule has 1 aliphatic heterocycles. The molecule has 2 atom stereocenters. The zero-order chi connectivity index (χ0) is 26.0. The number of halogens is 2. The summed E-state index contributed by atoms with van der Waals surface area (Å²) in [5.41, 5.74) is 2.63. The number of rotatable bonds is 6. The van der Waals surface area contributed by atoms with E-state index >= 15 is 0 Å². The molecule has 1 aliphatic rings. The van der Waals surface area contributed by atoms with Crippen LogP contribution in [0.3, 0.4) is 0 Å². The van der Waals surface area contributed by atoms with Crippen LogP contribution in [-0.4, -0.2) is 39.5 Å². The summed E-state index contributed by atoms with van der Waals surface area (Å²) < 4.78 is 31.6. The molecule has 0 N–H and O–H groups in total. The molecule has 0 spiro atoms. The summed E-state index contributed by atoms with van der Waals surface area (Å²) in [6, 6.07) is 6.24. The Balaban J connectivity index is 1.91. The Labute approximate surface area is 215 Å². The van der Waals surface area contributed by atoms with Crippen molar-refractivity contribution >= 4 is 28.0 Å². The van der Waals surface area contributed by atoms with E-state index in [0.717, 1.165) is 16.8 Å². The van der Waals surface area contributed by atoms with E-state index in [1.807, 2.05) is 46.8 Å². The SMILES string of the molecule is CC(C)c1nc(Br)nc(-c2ccc(F)cc2)c1/C=C/[C@@H]1CC(CC(=O)OC(C)(C)C)OC(C)(C)O1. The fourth-order valence-electron chi connectivity index (χ4n) is 4.06. The minimum atomic E-state index is -0.864. The molecule has 1 fully saturated rings. The number of esters is 1. The van der Waals surface area contributed by atoms with Crippen molar-refractivity contribution in [3.63, 3.8) is 0 Å². The average molecular weight is 549 g/mol. The van der Waals surface area contributed by atoms with E-state index in [9.17, 15) is 9.18 Å². The van der Waals surface area contributed by atoms with Crippen molar-refractivity contribution in [3.8, 4) is 11.3 Å². The van der Waals surface area contributed by atoms with Crippen LogP contribution in [0.15, 0.2) is 35.1 Å². The minimum Gasteiger partial charge on any atom is -0.460 e. The molecule has 35 heavy (non-hydrogen) atoms. The standard InChI is InChI=1S/C27H34BrFN2O4/c1-16(2)23-21(24(31-25(28)30-23)17-8-10-18(29)11-9-17)13-12-19-14-20(34-27(6,7)33-19)15-22(32)35-26(3,4)5/h8-13,16,19-20H,14-15H2,1-7H3/b13-12+/t19-,20?/m1/s1. The highest BCUT2D eigenvalue weighted by Crippen LogP contribution is 2.33. The maximum atomic E-state index is 13.6. The van der Waals surface area contributed by atoms with E-state index in [0.29, 0.717) is 16.8 Å². The monoisotopic (exact) mass is 548 g/mol. The Morgan fingerprint density at radius 1 is 1.23 bits per heavy atom. The molecule has 1 aromatic heterocycles. The molecule has 0 radical (unpaired) electrons. The van der Waals surface area contributed by atoms with Crippen molar-refractivity contribution in [1.29, 1.82) is 0 Å². The van der Waals surface area contributed by atoms with E-state index in [4.69, 9.17) is 14.2 Å². The number of benzene rings is 1. The van der Waals surface area contributed by atoms with Crippen LogP contribution in [-0.2, 0) is 19.0 Å². The van der Waals surface area contributed by atoms with Crippen molar-refractivity contribution in [1.82, 2.24) is 9.97 Å². The second kappa shape index (κ2) is 10.8. The van der Waals surface area contributed by atoms with Crippen molar-refractivity contribution in [2.24, 2.45) is 0 Å². The molecule has 0 saturated carbocycles. The topological polar surface area (TPSA) is 70.5 Å². The van der Waals surface area contributed by atoms with Gasteiger partial charge < -0.3 is 14.2 Å². The van der Waals surface area contributed by atoms with E-state index < -0.39 is 11.4 Å². The Bertz CT molecular complexity index is 1080. The average Bonchev–Trinajstić information content (AvgIpc) is 2.70. The molecule has 1 unspecified atom stereocenters. The molecular weight excluding hydrogens is 515 g/mol. The van der Waals surface area contributed by atoms with Gasteiger partial charge in [-0.15, -0.1) is 0 Å². The zero-order valence-corrected chi connectivity index (χ0v) is 23.0. The number of carbonyl (C=O) groups excluding carboxylic acids is 1. The summed E-state index contributed by atoms with van der Waals surface area (Å²) in [5.74, 6) is -1.35. The first-order valence-electron chi connectivity index (χ1n) is 11.8. The first-order valence-corrected chi connectivity index (χ1v) is 12.6. The van der Waals surface area contributed by atoms with Gasteiger partial charge >= 0.3 is 5.97 Å². The molecule has 2 aromatic rings. The molecule has 8 heteroatoms. The van der Waals surface area contributed by atoms with Crippen molar-refractivity contribution < 1.29 is 23.4 Å². The van der Waals surface area contributed by atoms with Crippen LogP contribution in [0, 0.1) is 5.82 Å². The van der Waals surface area contributed by atoms with E-state index in [2.05, 4.69) is 39.7 Å². The number of ether oxygens (including phenoxy) is 3. The lowest BCUT2D eigenvalue weighted by Crippen LogP contribution is -2.45. The molecular formula is C27H34BrFN2O4. The third kappa shape index (κ3) is 7.92. The maximum absolute atomic E-state index is 13.6. The maximum Gasteiger partial charge on any atom is 0.308 e. The molecule has 6 nitrogen and oxygen atoms in total. The van der Waals surface area contributed by atoms with Crippen LogP contribution in [0.4, 0.5) is 4.39 Å². The van der Waals surface area contributed by atoms with Gasteiger partial charge in [-0.25, -0.2) is 14.4 Å². The van der Waals surface area contributed by atoms with Gasteiger partial charge in [-0.2, -0.15) is 0 Å². The van der Waals surface area contributed by atoms with Gasteiger partial charge in [0.1, 0.15) is 11.4 Å². The van der Waals surface area contributed by atoms with Crippen LogP contribution >= 0.6 is 15.9 Å². The normalized spacial score (nSPS) is 20.4. The number of hydrogen-bond acceptors (Lipinski definition) is 6. The van der Waals surface area contributed by atoms with Crippen LogP contribution in [0.5, 0.6) is 0 Å². The lowest BCUT2D eigenvalue weighted by Gasteiger charge is -2.39. The number of hydrogen-bond donors (Lipinski definition) is 0. The van der Waals surface area contributed by atoms with Crippen molar-refractivity contribution in [2.45, 2.75) is 90.8 Å². The Kier molecular flexibility index (Phi) is 8.50.